The van der Waals surface area contributed by atoms with Crippen LogP contribution in [0.5, 0.6) is 11.5 Å². The van der Waals surface area contributed by atoms with E-state index in [1.165, 1.54) is 0 Å². The van der Waals surface area contributed by atoms with E-state index in [4.69, 9.17) is 9.47 Å². The van der Waals surface area contributed by atoms with Crippen molar-refractivity contribution >= 4 is 5.82 Å². The highest BCUT2D eigenvalue weighted by molar-refractivity contribution is 5.71. The van der Waals surface area contributed by atoms with Gasteiger partial charge in [0.25, 0.3) is 0 Å². The number of aryl methyl sites for hydroxylation is 1. The lowest BCUT2D eigenvalue weighted by molar-refractivity contribution is 0.355. The van der Waals surface area contributed by atoms with Crippen molar-refractivity contribution in [3.05, 3.63) is 30.0 Å². The van der Waals surface area contributed by atoms with Crippen LogP contribution in [-0.2, 0) is 0 Å². The zero-order chi connectivity index (χ0) is 14.5. The molecule has 0 spiro atoms. The molecule has 0 aliphatic rings. The largest absolute Gasteiger partial charge is 0.493 e. The summed E-state index contributed by atoms with van der Waals surface area (Å²) in [4.78, 5) is 0. The number of rotatable bonds is 5. The molecule has 0 saturated heterocycles. The summed E-state index contributed by atoms with van der Waals surface area (Å²) in [5, 5.41) is 11.5. The predicted molar refractivity (Wildman–Crippen MR) is 79.5 cm³/mol. The average molecular weight is 273 g/mol. The zero-order valence-electron chi connectivity index (χ0n) is 12.2. The maximum Gasteiger partial charge on any atom is 0.161 e. The number of nitrogens with zero attached hydrogens (tertiary/aromatic N) is 2. The van der Waals surface area contributed by atoms with Gasteiger partial charge in [0.15, 0.2) is 11.5 Å². The van der Waals surface area contributed by atoms with Crippen LogP contribution in [-0.4, -0.2) is 31.0 Å². The van der Waals surface area contributed by atoms with E-state index in [2.05, 4.69) is 15.5 Å². The third kappa shape index (κ3) is 2.82. The summed E-state index contributed by atoms with van der Waals surface area (Å²) in [5.41, 5.74) is 2.92. The van der Waals surface area contributed by atoms with Crippen LogP contribution in [0.1, 0.15) is 12.6 Å². The summed E-state index contributed by atoms with van der Waals surface area (Å²) in [6, 6.07) is 7.81. The SMILES string of the molecule is CCNc1cc(-c2ccc(OC)c(OC)c2)c(C)nn1. The summed E-state index contributed by atoms with van der Waals surface area (Å²) in [6.45, 7) is 4.77. The Hall–Kier alpha value is -2.30. The normalized spacial score (nSPS) is 10.2. The van der Waals surface area contributed by atoms with Gasteiger partial charge in [0.05, 0.1) is 19.9 Å². The molecule has 0 aliphatic carbocycles. The highest BCUT2D eigenvalue weighted by atomic mass is 16.5. The molecule has 5 nitrogen and oxygen atoms in total. The Morgan fingerprint density at radius 3 is 2.45 bits per heavy atom. The van der Waals surface area contributed by atoms with Gasteiger partial charge < -0.3 is 14.8 Å². The summed E-state index contributed by atoms with van der Waals surface area (Å²) in [5.74, 6) is 2.18. The summed E-state index contributed by atoms with van der Waals surface area (Å²) < 4.78 is 10.6. The van der Waals surface area contributed by atoms with Crippen molar-refractivity contribution in [2.24, 2.45) is 0 Å². The molecule has 20 heavy (non-hydrogen) atoms. The van der Waals surface area contributed by atoms with E-state index in [1.807, 2.05) is 38.1 Å². The molecule has 1 aromatic heterocycles. The topological polar surface area (TPSA) is 56.3 Å². The van der Waals surface area contributed by atoms with E-state index in [0.29, 0.717) is 11.5 Å². The van der Waals surface area contributed by atoms with Gasteiger partial charge in [-0.3, -0.25) is 0 Å². The first kappa shape index (κ1) is 14.1. The fourth-order valence-electron chi connectivity index (χ4n) is 2.02. The first-order valence-electron chi connectivity index (χ1n) is 6.50. The van der Waals surface area contributed by atoms with Crippen molar-refractivity contribution in [3.63, 3.8) is 0 Å². The monoisotopic (exact) mass is 273 g/mol. The Balaban J connectivity index is 2.47. The maximum atomic E-state index is 5.34. The van der Waals surface area contributed by atoms with Crippen LogP contribution in [0.3, 0.4) is 0 Å². The summed E-state index contributed by atoms with van der Waals surface area (Å²) in [6.07, 6.45) is 0. The number of anilines is 1. The molecular weight excluding hydrogens is 254 g/mol. The van der Waals surface area contributed by atoms with Crippen LogP contribution < -0.4 is 14.8 Å². The van der Waals surface area contributed by atoms with Gasteiger partial charge in [0.2, 0.25) is 0 Å². The van der Waals surface area contributed by atoms with Gasteiger partial charge in [-0.2, -0.15) is 5.10 Å². The minimum absolute atomic E-state index is 0.700. The van der Waals surface area contributed by atoms with E-state index < -0.39 is 0 Å². The third-order valence-electron chi connectivity index (χ3n) is 3.03. The van der Waals surface area contributed by atoms with Gasteiger partial charge in [-0.05, 0) is 37.6 Å². The van der Waals surface area contributed by atoms with Gasteiger partial charge >= 0.3 is 0 Å². The number of methoxy groups -OCH3 is 2. The smallest absolute Gasteiger partial charge is 0.161 e. The average Bonchev–Trinajstić information content (AvgIpc) is 2.48. The lowest BCUT2D eigenvalue weighted by Crippen LogP contribution is -2.02. The molecule has 106 valence electrons. The van der Waals surface area contributed by atoms with E-state index >= 15 is 0 Å². The molecule has 5 heteroatoms. The Labute approximate surface area is 118 Å². The molecule has 0 bridgehead atoms. The van der Waals surface area contributed by atoms with Gasteiger partial charge in [-0.1, -0.05) is 6.07 Å². The van der Waals surface area contributed by atoms with Crippen molar-refractivity contribution in [1.82, 2.24) is 10.2 Å². The lowest BCUT2D eigenvalue weighted by Gasteiger charge is -2.11. The Kier molecular flexibility index (Phi) is 4.40. The predicted octanol–water partition coefficient (Wildman–Crippen LogP) is 2.90. The fourth-order valence-corrected chi connectivity index (χ4v) is 2.02. The van der Waals surface area contributed by atoms with Crippen molar-refractivity contribution in [2.75, 3.05) is 26.1 Å². The molecular formula is C15H19N3O2. The van der Waals surface area contributed by atoms with E-state index in [-0.39, 0.29) is 0 Å². The molecule has 0 saturated carbocycles. The van der Waals surface area contributed by atoms with Crippen molar-refractivity contribution < 1.29 is 9.47 Å². The number of nitrogens with one attached hydrogen (secondary N) is 1. The third-order valence-corrected chi connectivity index (χ3v) is 3.03. The van der Waals surface area contributed by atoms with Crippen LogP contribution in [0.15, 0.2) is 24.3 Å². The first-order chi connectivity index (χ1) is 9.69. The number of aromatic nitrogens is 2. The first-order valence-corrected chi connectivity index (χ1v) is 6.50. The molecule has 0 fully saturated rings. The Morgan fingerprint density at radius 1 is 1.05 bits per heavy atom. The molecule has 0 unspecified atom stereocenters. The van der Waals surface area contributed by atoms with Crippen LogP contribution in [0.2, 0.25) is 0 Å². The molecule has 0 radical (unpaired) electrons. The lowest BCUT2D eigenvalue weighted by atomic mass is 10.0. The van der Waals surface area contributed by atoms with Crippen LogP contribution in [0.4, 0.5) is 5.82 Å². The summed E-state index contributed by atoms with van der Waals surface area (Å²) in [7, 11) is 3.25. The van der Waals surface area contributed by atoms with E-state index in [9.17, 15) is 0 Å². The molecule has 0 aliphatic heterocycles. The Morgan fingerprint density at radius 2 is 1.80 bits per heavy atom. The second kappa shape index (κ2) is 6.23. The van der Waals surface area contributed by atoms with Gasteiger partial charge in [0.1, 0.15) is 5.82 Å². The van der Waals surface area contributed by atoms with Crippen molar-refractivity contribution in [2.45, 2.75) is 13.8 Å². The quantitative estimate of drug-likeness (QED) is 0.907. The molecule has 1 N–H and O–H groups in total. The van der Waals surface area contributed by atoms with E-state index in [1.54, 1.807) is 14.2 Å². The number of ether oxygens (including phenoxy) is 2. The molecule has 2 rings (SSSR count). The highest BCUT2D eigenvalue weighted by Gasteiger charge is 2.10. The second-order valence-corrected chi connectivity index (χ2v) is 4.33. The minimum Gasteiger partial charge on any atom is -0.493 e. The number of hydrogen-bond donors (Lipinski definition) is 1. The Bertz CT molecular complexity index is 600. The van der Waals surface area contributed by atoms with Crippen LogP contribution >= 0.6 is 0 Å². The van der Waals surface area contributed by atoms with Gasteiger partial charge in [-0.15, -0.1) is 5.10 Å². The minimum atomic E-state index is 0.700. The standard InChI is InChI=1S/C15H19N3O2/c1-5-16-15-9-12(10(2)17-18-15)11-6-7-13(19-3)14(8-11)20-4/h6-9H,5H2,1-4H3,(H,16,18). The molecule has 0 amide bonds. The van der Waals surface area contributed by atoms with E-state index in [0.717, 1.165) is 29.2 Å². The fraction of sp³-hybridized carbons (Fsp3) is 0.333. The molecule has 0 atom stereocenters. The number of benzene rings is 1. The van der Waals surface area contributed by atoms with Crippen molar-refractivity contribution in [3.8, 4) is 22.6 Å². The molecule has 1 heterocycles. The summed E-state index contributed by atoms with van der Waals surface area (Å²) >= 11 is 0. The van der Waals surface area contributed by atoms with Crippen LogP contribution in [0.25, 0.3) is 11.1 Å². The van der Waals surface area contributed by atoms with Crippen molar-refractivity contribution in [1.29, 1.82) is 0 Å². The number of hydrogen-bond acceptors (Lipinski definition) is 5. The second-order valence-electron chi connectivity index (χ2n) is 4.33. The zero-order valence-corrected chi connectivity index (χ0v) is 12.2. The maximum absolute atomic E-state index is 5.34. The molecule has 1 aromatic carbocycles. The molecule has 2 aromatic rings. The highest BCUT2D eigenvalue weighted by Crippen LogP contribution is 2.33. The van der Waals surface area contributed by atoms with Gasteiger partial charge in [-0.25, -0.2) is 0 Å². The van der Waals surface area contributed by atoms with Crippen LogP contribution in [0, 0.1) is 6.92 Å². The van der Waals surface area contributed by atoms with Gasteiger partial charge in [0, 0.05) is 12.1 Å².